The number of amides is 3. The number of nitrogens with one attached hydrogen (secondary N) is 2. The molecule has 2 aliphatic carbocycles. The molecule has 2 fully saturated rings. The van der Waals surface area contributed by atoms with E-state index < -0.39 is 65.7 Å². The Morgan fingerprint density at radius 2 is 1.74 bits per heavy atom. The third-order valence-electron chi connectivity index (χ3n) is 7.09. The van der Waals surface area contributed by atoms with Crippen molar-refractivity contribution in [2.75, 3.05) is 5.32 Å². The van der Waals surface area contributed by atoms with E-state index in [9.17, 15) is 31.9 Å². The Bertz CT molecular complexity index is 1210. The van der Waals surface area contributed by atoms with Crippen molar-refractivity contribution in [3.05, 3.63) is 65.2 Å². The number of hydrogen-bond acceptors (Lipinski definition) is 3. The van der Waals surface area contributed by atoms with E-state index in [4.69, 9.17) is 0 Å². The number of benzene rings is 2. The molecule has 0 spiro atoms. The predicted molar refractivity (Wildman–Crippen MR) is 117 cm³/mol. The average Bonchev–Trinajstić information content (AvgIpc) is 3.33. The van der Waals surface area contributed by atoms with Crippen LogP contribution in [0.3, 0.4) is 0 Å². The smallest absolute Gasteiger partial charge is 0.252 e. The molecule has 0 aromatic heterocycles. The van der Waals surface area contributed by atoms with Gasteiger partial charge in [0.1, 0.15) is 23.2 Å². The number of nitrogens with zero attached hydrogens (tertiary/aromatic N) is 1. The van der Waals surface area contributed by atoms with Crippen molar-refractivity contribution in [1.29, 1.82) is 0 Å². The first-order valence-corrected chi connectivity index (χ1v) is 11.5. The quantitative estimate of drug-likeness (QED) is 0.630. The average molecular weight is 489 g/mol. The Labute approximate surface area is 198 Å². The number of hydrogen-bond donors (Lipinski definition) is 2. The van der Waals surface area contributed by atoms with Gasteiger partial charge in [0, 0.05) is 31.0 Å². The lowest BCUT2D eigenvalue weighted by Gasteiger charge is -2.44. The highest BCUT2D eigenvalue weighted by atomic mass is 19.3. The van der Waals surface area contributed by atoms with Crippen LogP contribution in [-0.2, 0) is 26.3 Å². The van der Waals surface area contributed by atoms with E-state index in [1.54, 1.807) is 0 Å². The van der Waals surface area contributed by atoms with Gasteiger partial charge in [0.2, 0.25) is 11.8 Å². The summed E-state index contributed by atoms with van der Waals surface area (Å²) in [5, 5.41) is 5.20. The molecule has 3 aliphatic rings. The van der Waals surface area contributed by atoms with Crippen molar-refractivity contribution in [1.82, 2.24) is 10.2 Å². The SMILES string of the molecule is O=C(Nc1cccc(F)c1)[C@@H]1CCC(=O)N1C1(C(=O)NC2CC(F)(F)C2)CCc2ccc(F)cc21. The van der Waals surface area contributed by atoms with Crippen LogP contribution in [-0.4, -0.2) is 40.6 Å². The summed E-state index contributed by atoms with van der Waals surface area (Å²) in [6.07, 6.45) is -0.559. The minimum atomic E-state index is -2.87. The highest BCUT2D eigenvalue weighted by Crippen LogP contribution is 2.47. The second kappa shape index (κ2) is 8.35. The van der Waals surface area contributed by atoms with Gasteiger partial charge in [-0.2, -0.15) is 0 Å². The molecule has 5 rings (SSSR count). The van der Waals surface area contributed by atoms with E-state index in [0.717, 1.165) is 6.07 Å². The lowest BCUT2D eigenvalue weighted by atomic mass is 9.84. The second-order valence-corrected chi connectivity index (χ2v) is 9.41. The Morgan fingerprint density at radius 3 is 2.46 bits per heavy atom. The van der Waals surface area contributed by atoms with Crippen molar-refractivity contribution in [2.45, 2.75) is 62.1 Å². The summed E-state index contributed by atoms with van der Waals surface area (Å²) < 4.78 is 54.8. The van der Waals surface area contributed by atoms with Crippen molar-refractivity contribution >= 4 is 23.4 Å². The zero-order valence-electron chi connectivity index (χ0n) is 18.6. The molecule has 6 nitrogen and oxygen atoms in total. The fraction of sp³-hybridized carbons (Fsp3) is 0.400. The lowest BCUT2D eigenvalue weighted by molar-refractivity contribution is -0.153. The molecule has 35 heavy (non-hydrogen) atoms. The Hall–Kier alpha value is -3.43. The Balaban J connectivity index is 1.51. The van der Waals surface area contributed by atoms with Crippen molar-refractivity contribution < 1.29 is 31.9 Å². The van der Waals surface area contributed by atoms with Gasteiger partial charge in [0.25, 0.3) is 11.8 Å². The zero-order chi connectivity index (χ0) is 25.0. The maximum absolute atomic E-state index is 14.3. The molecule has 2 N–H and O–H groups in total. The monoisotopic (exact) mass is 489 g/mol. The van der Waals surface area contributed by atoms with Gasteiger partial charge in [0.05, 0.1) is 0 Å². The first-order chi connectivity index (χ1) is 16.6. The van der Waals surface area contributed by atoms with Gasteiger partial charge < -0.3 is 15.5 Å². The molecule has 1 saturated carbocycles. The second-order valence-electron chi connectivity index (χ2n) is 9.41. The van der Waals surface area contributed by atoms with Crippen LogP contribution in [0.1, 0.15) is 43.2 Å². The number of aryl methyl sites for hydroxylation is 1. The van der Waals surface area contributed by atoms with Gasteiger partial charge in [-0.1, -0.05) is 12.1 Å². The number of alkyl halides is 2. The van der Waals surface area contributed by atoms with E-state index in [1.807, 2.05) is 0 Å². The standard InChI is InChI=1S/C25H23F4N3O3/c26-15-2-1-3-17(10-15)30-22(34)20-6-7-21(33)32(20)25(23(35)31-18-12-24(28,29)13-18)9-8-14-4-5-16(27)11-19(14)25/h1-5,10-11,18,20H,6-9,12-13H2,(H,30,34)(H,31,35)/t20-,25?/m0/s1. The molecule has 2 atom stereocenters. The molecule has 3 amide bonds. The normalized spacial score (nSPS) is 25.2. The fourth-order valence-electron chi connectivity index (χ4n) is 5.47. The molecule has 1 heterocycles. The molecule has 0 radical (unpaired) electrons. The van der Waals surface area contributed by atoms with Crippen LogP contribution >= 0.6 is 0 Å². The molecule has 0 bridgehead atoms. The van der Waals surface area contributed by atoms with Crippen molar-refractivity contribution in [3.63, 3.8) is 0 Å². The third kappa shape index (κ3) is 4.04. The van der Waals surface area contributed by atoms with Crippen molar-refractivity contribution in [3.8, 4) is 0 Å². The van der Waals surface area contributed by atoms with Crippen LogP contribution in [0.25, 0.3) is 0 Å². The summed E-state index contributed by atoms with van der Waals surface area (Å²) >= 11 is 0. The largest absolute Gasteiger partial charge is 0.351 e. The molecular weight excluding hydrogens is 466 g/mol. The maximum atomic E-state index is 14.3. The van der Waals surface area contributed by atoms with Gasteiger partial charge in [0.15, 0.2) is 0 Å². The summed E-state index contributed by atoms with van der Waals surface area (Å²) in [6, 6.07) is 7.32. The number of likely N-dealkylation sites (tertiary alicyclic amines) is 1. The van der Waals surface area contributed by atoms with Crippen LogP contribution in [0.15, 0.2) is 42.5 Å². The van der Waals surface area contributed by atoms with Crippen LogP contribution in [0.2, 0.25) is 0 Å². The lowest BCUT2D eigenvalue weighted by Crippen LogP contribution is -2.63. The van der Waals surface area contributed by atoms with Gasteiger partial charge in [-0.3, -0.25) is 14.4 Å². The molecule has 1 unspecified atom stereocenters. The summed E-state index contributed by atoms with van der Waals surface area (Å²) in [7, 11) is 0. The number of fused-ring (bicyclic) bond motifs is 1. The molecule has 2 aromatic carbocycles. The molecule has 2 aromatic rings. The van der Waals surface area contributed by atoms with E-state index in [0.29, 0.717) is 12.0 Å². The van der Waals surface area contributed by atoms with Crippen LogP contribution in [0, 0.1) is 11.6 Å². The zero-order valence-corrected chi connectivity index (χ0v) is 18.6. The van der Waals surface area contributed by atoms with E-state index in [-0.39, 0.29) is 30.5 Å². The predicted octanol–water partition coefficient (Wildman–Crippen LogP) is 3.65. The van der Waals surface area contributed by atoms with Gasteiger partial charge in [-0.25, -0.2) is 17.6 Å². The summed E-state index contributed by atoms with van der Waals surface area (Å²) in [5.41, 5.74) is -0.647. The van der Waals surface area contributed by atoms with Gasteiger partial charge in [-0.05, 0) is 60.7 Å². The first-order valence-electron chi connectivity index (χ1n) is 11.5. The van der Waals surface area contributed by atoms with E-state index in [2.05, 4.69) is 10.6 Å². The topological polar surface area (TPSA) is 78.5 Å². The highest BCUT2D eigenvalue weighted by Gasteiger charge is 2.58. The van der Waals surface area contributed by atoms with Crippen molar-refractivity contribution in [2.24, 2.45) is 0 Å². The number of halogens is 4. The van der Waals surface area contributed by atoms with Gasteiger partial charge in [-0.15, -0.1) is 0 Å². The molecule has 10 heteroatoms. The van der Waals surface area contributed by atoms with Crippen LogP contribution < -0.4 is 10.6 Å². The number of carbonyl (C=O) groups excluding carboxylic acids is 3. The minimum absolute atomic E-state index is 0.0254. The van der Waals surface area contributed by atoms with Crippen LogP contribution in [0.4, 0.5) is 23.2 Å². The number of carbonyl (C=O) groups is 3. The van der Waals surface area contributed by atoms with E-state index >= 15 is 0 Å². The van der Waals surface area contributed by atoms with E-state index in [1.165, 1.54) is 41.3 Å². The maximum Gasteiger partial charge on any atom is 0.252 e. The highest BCUT2D eigenvalue weighted by molar-refractivity contribution is 6.02. The molecule has 184 valence electrons. The summed E-state index contributed by atoms with van der Waals surface area (Å²) in [5.74, 6) is -5.85. The number of anilines is 1. The summed E-state index contributed by atoms with van der Waals surface area (Å²) in [4.78, 5) is 41.3. The minimum Gasteiger partial charge on any atom is -0.351 e. The molecule has 1 saturated heterocycles. The summed E-state index contributed by atoms with van der Waals surface area (Å²) in [6.45, 7) is 0. The molecular formula is C25H23F4N3O3. The first kappa shape index (κ1) is 23.3. The Morgan fingerprint density at radius 1 is 1.00 bits per heavy atom. The van der Waals surface area contributed by atoms with Gasteiger partial charge >= 0.3 is 0 Å². The molecule has 1 aliphatic heterocycles. The third-order valence-corrected chi connectivity index (χ3v) is 7.09. The van der Waals surface area contributed by atoms with Crippen LogP contribution in [0.5, 0.6) is 0 Å². The fourth-order valence-corrected chi connectivity index (χ4v) is 5.47. The number of rotatable bonds is 5. The Kier molecular flexibility index (Phi) is 5.56.